The van der Waals surface area contributed by atoms with Gasteiger partial charge in [-0.15, -0.1) is 11.3 Å². The van der Waals surface area contributed by atoms with Crippen molar-refractivity contribution in [3.8, 4) is 0 Å². The lowest BCUT2D eigenvalue weighted by Gasteiger charge is -2.19. The molecule has 2 rings (SSSR count). The first-order valence-electron chi connectivity index (χ1n) is 5.76. The van der Waals surface area contributed by atoms with Crippen LogP contribution in [0.5, 0.6) is 0 Å². The van der Waals surface area contributed by atoms with E-state index in [9.17, 15) is 0 Å². The second-order valence-corrected chi connectivity index (χ2v) is 6.11. The van der Waals surface area contributed by atoms with Crippen LogP contribution in [0.4, 0.5) is 0 Å². The van der Waals surface area contributed by atoms with Crippen LogP contribution in [0.25, 0.3) is 0 Å². The Morgan fingerprint density at radius 3 is 3.07 bits per heavy atom. The van der Waals surface area contributed by atoms with E-state index in [-0.39, 0.29) is 0 Å². The largest absolute Gasteiger partial charge is 0.314 e. The Kier molecular flexibility index (Phi) is 4.23. The molecule has 0 radical (unpaired) electrons. The van der Waals surface area contributed by atoms with Crippen LogP contribution in [0.1, 0.15) is 31.1 Å². The molecule has 1 N–H and O–H groups in total. The summed E-state index contributed by atoms with van der Waals surface area (Å²) in [5, 5.41) is 5.79. The molecule has 84 valence electrons. The SMILES string of the molecule is CCNC1CCCC1Cc1sccc1Br. The van der Waals surface area contributed by atoms with Gasteiger partial charge in [-0.1, -0.05) is 13.3 Å². The van der Waals surface area contributed by atoms with E-state index in [0.29, 0.717) is 0 Å². The van der Waals surface area contributed by atoms with Crippen molar-refractivity contribution < 1.29 is 0 Å². The highest BCUT2D eigenvalue weighted by atomic mass is 79.9. The van der Waals surface area contributed by atoms with Crippen molar-refractivity contribution in [2.75, 3.05) is 6.54 Å². The van der Waals surface area contributed by atoms with E-state index in [2.05, 4.69) is 39.6 Å². The molecule has 2 unspecified atom stereocenters. The summed E-state index contributed by atoms with van der Waals surface area (Å²) >= 11 is 5.50. The Balaban J connectivity index is 1.96. The molecular formula is C12H18BrNS. The molecule has 15 heavy (non-hydrogen) atoms. The Labute approximate surface area is 104 Å². The van der Waals surface area contributed by atoms with Gasteiger partial charge in [-0.3, -0.25) is 0 Å². The first-order valence-corrected chi connectivity index (χ1v) is 7.43. The standard InChI is InChI=1S/C12H18BrNS/c1-2-14-11-5-3-4-9(11)8-12-10(13)6-7-15-12/h6-7,9,11,14H,2-5,8H2,1H3. The molecule has 1 heterocycles. The third-order valence-corrected chi connectivity index (χ3v) is 5.21. The second kappa shape index (κ2) is 5.46. The number of hydrogen-bond donors (Lipinski definition) is 1. The number of thiophene rings is 1. The number of hydrogen-bond acceptors (Lipinski definition) is 2. The minimum absolute atomic E-state index is 0.754. The Hall–Kier alpha value is 0.140. The molecule has 2 atom stereocenters. The molecule has 0 aliphatic heterocycles. The van der Waals surface area contributed by atoms with E-state index in [1.807, 2.05) is 11.3 Å². The maximum absolute atomic E-state index is 3.62. The molecule has 3 heteroatoms. The van der Waals surface area contributed by atoms with Gasteiger partial charge in [0, 0.05) is 15.4 Å². The van der Waals surface area contributed by atoms with E-state index < -0.39 is 0 Å². The van der Waals surface area contributed by atoms with E-state index in [1.165, 1.54) is 35.0 Å². The molecule has 0 aromatic carbocycles. The molecule has 1 aromatic heterocycles. The topological polar surface area (TPSA) is 12.0 Å². The van der Waals surface area contributed by atoms with Gasteiger partial charge in [0.1, 0.15) is 0 Å². The smallest absolute Gasteiger partial charge is 0.0314 e. The highest BCUT2D eigenvalue weighted by Gasteiger charge is 2.27. The van der Waals surface area contributed by atoms with Crippen LogP contribution < -0.4 is 5.32 Å². The summed E-state index contributed by atoms with van der Waals surface area (Å²) in [6.45, 7) is 3.31. The average molecular weight is 288 g/mol. The van der Waals surface area contributed by atoms with Gasteiger partial charge in [0.15, 0.2) is 0 Å². The predicted molar refractivity (Wildman–Crippen MR) is 70.5 cm³/mol. The number of rotatable bonds is 4. The van der Waals surface area contributed by atoms with Gasteiger partial charge >= 0.3 is 0 Å². The lowest BCUT2D eigenvalue weighted by Crippen LogP contribution is -2.32. The lowest BCUT2D eigenvalue weighted by atomic mass is 9.98. The molecule has 1 aliphatic rings. The molecule has 0 bridgehead atoms. The van der Waals surface area contributed by atoms with Crippen molar-refractivity contribution in [1.82, 2.24) is 5.32 Å². The predicted octanol–water partition coefficient (Wildman–Crippen LogP) is 3.83. The summed E-state index contributed by atoms with van der Waals surface area (Å²) in [5.41, 5.74) is 0. The second-order valence-electron chi connectivity index (χ2n) is 4.25. The van der Waals surface area contributed by atoms with E-state index in [0.717, 1.165) is 18.5 Å². The monoisotopic (exact) mass is 287 g/mol. The quantitative estimate of drug-likeness (QED) is 0.888. The normalized spacial score (nSPS) is 26.0. The van der Waals surface area contributed by atoms with Gasteiger partial charge in [0.05, 0.1) is 0 Å². The summed E-state index contributed by atoms with van der Waals surface area (Å²) in [4.78, 5) is 1.52. The van der Waals surface area contributed by atoms with Crippen LogP contribution in [0.2, 0.25) is 0 Å². The van der Waals surface area contributed by atoms with Gasteiger partial charge in [-0.25, -0.2) is 0 Å². The molecule has 1 aliphatic carbocycles. The zero-order valence-corrected chi connectivity index (χ0v) is 11.5. The van der Waals surface area contributed by atoms with Gasteiger partial charge < -0.3 is 5.32 Å². The third kappa shape index (κ3) is 2.83. The van der Waals surface area contributed by atoms with Crippen molar-refractivity contribution >= 4 is 27.3 Å². The van der Waals surface area contributed by atoms with E-state index >= 15 is 0 Å². The van der Waals surface area contributed by atoms with Crippen LogP contribution in [-0.4, -0.2) is 12.6 Å². The summed E-state index contributed by atoms with van der Waals surface area (Å²) in [5.74, 6) is 0.847. The average Bonchev–Trinajstić information content (AvgIpc) is 2.80. The van der Waals surface area contributed by atoms with Crippen molar-refractivity contribution in [2.24, 2.45) is 5.92 Å². The van der Waals surface area contributed by atoms with Crippen LogP contribution in [0.3, 0.4) is 0 Å². The van der Waals surface area contributed by atoms with Crippen LogP contribution >= 0.6 is 27.3 Å². The molecule has 0 saturated heterocycles. The van der Waals surface area contributed by atoms with Gasteiger partial charge in [-0.05, 0) is 59.1 Å². The van der Waals surface area contributed by atoms with Crippen LogP contribution in [-0.2, 0) is 6.42 Å². The fraction of sp³-hybridized carbons (Fsp3) is 0.667. The molecule has 0 amide bonds. The van der Waals surface area contributed by atoms with Crippen molar-refractivity contribution in [1.29, 1.82) is 0 Å². The Morgan fingerprint density at radius 1 is 1.53 bits per heavy atom. The minimum atomic E-state index is 0.754. The number of nitrogens with one attached hydrogen (secondary N) is 1. The third-order valence-electron chi connectivity index (χ3n) is 3.26. The molecule has 1 aromatic rings. The fourth-order valence-corrected chi connectivity index (χ4v) is 4.13. The first-order chi connectivity index (χ1) is 7.31. The van der Waals surface area contributed by atoms with E-state index in [4.69, 9.17) is 0 Å². The molecule has 1 nitrogen and oxygen atoms in total. The molecule has 1 saturated carbocycles. The van der Waals surface area contributed by atoms with Gasteiger partial charge in [0.2, 0.25) is 0 Å². The molecule has 1 fully saturated rings. The van der Waals surface area contributed by atoms with Gasteiger partial charge in [-0.2, -0.15) is 0 Å². The van der Waals surface area contributed by atoms with Crippen LogP contribution in [0, 0.1) is 5.92 Å². The summed E-state index contributed by atoms with van der Waals surface area (Å²) in [6.07, 6.45) is 5.39. The van der Waals surface area contributed by atoms with E-state index in [1.54, 1.807) is 0 Å². The van der Waals surface area contributed by atoms with Gasteiger partial charge in [0.25, 0.3) is 0 Å². The highest BCUT2D eigenvalue weighted by molar-refractivity contribution is 9.10. The maximum atomic E-state index is 3.62. The Morgan fingerprint density at radius 2 is 2.40 bits per heavy atom. The molecule has 0 spiro atoms. The first kappa shape index (κ1) is 11.6. The minimum Gasteiger partial charge on any atom is -0.314 e. The zero-order chi connectivity index (χ0) is 10.7. The Bertz CT molecular complexity index is 310. The van der Waals surface area contributed by atoms with Crippen molar-refractivity contribution in [3.05, 3.63) is 20.8 Å². The lowest BCUT2D eigenvalue weighted by molar-refractivity contribution is 0.408. The summed E-state index contributed by atoms with van der Waals surface area (Å²) in [7, 11) is 0. The van der Waals surface area contributed by atoms with Crippen molar-refractivity contribution in [3.63, 3.8) is 0 Å². The zero-order valence-electron chi connectivity index (χ0n) is 9.13. The number of halogens is 1. The van der Waals surface area contributed by atoms with Crippen LogP contribution in [0.15, 0.2) is 15.9 Å². The fourth-order valence-electron chi connectivity index (χ4n) is 2.52. The van der Waals surface area contributed by atoms with Crippen molar-refractivity contribution in [2.45, 2.75) is 38.6 Å². The summed E-state index contributed by atoms with van der Waals surface area (Å²) < 4.78 is 1.30. The molecular weight excluding hydrogens is 270 g/mol. The maximum Gasteiger partial charge on any atom is 0.0314 e. The highest BCUT2D eigenvalue weighted by Crippen LogP contribution is 2.33. The summed E-state index contributed by atoms with van der Waals surface area (Å²) in [6, 6.07) is 2.92.